The summed E-state index contributed by atoms with van der Waals surface area (Å²) in [5.41, 5.74) is -0.717. The highest BCUT2D eigenvalue weighted by atomic mass is 19.1. The van der Waals surface area contributed by atoms with E-state index < -0.39 is 17.2 Å². The van der Waals surface area contributed by atoms with Crippen LogP contribution in [-0.4, -0.2) is 57.7 Å². The molecule has 0 spiro atoms. The monoisotopic (exact) mass is 398 g/mol. The SMILES string of the molecule is CN1C2CCC1CN(c1nc3c(cc1F)c(=O)c(C(=O)O)cn3C13CC(C1)C3)C2. The number of carboxylic acid groups (broad SMARTS) is 1. The van der Waals surface area contributed by atoms with Crippen molar-refractivity contribution >= 4 is 22.8 Å². The molecule has 7 rings (SSSR count). The van der Waals surface area contributed by atoms with Gasteiger partial charge in [-0.15, -0.1) is 0 Å². The van der Waals surface area contributed by atoms with Gasteiger partial charge in [-0.25, -0.2) is 14.2 Å². The average molecular weight is 398 g/mol. The van der Waals surface area contributed by atoms with Crippen molar-refractivity contribution in [2.45, 2.75) is 49.7 Å². The van der Waals surface area contributed by atoms with Crippen molar-refractivity contribution < 1.29 is 14.3 Å². The summed E-state index contributed by atoms with van der Waals surface area (Å²) in [7, 11) is 2.12. The summed E-state index contributed by atoms with van der Waals surface area (Å²) in [5, 5.41) is 9.56. The summed E-state index contributed by atoms with van der Waals surface area (Å²) in [5.74, 6) is -0.876. The van der Waals surface area contributed by atoms with Gasteiger partial charge in [-0.1, -0.05) is 0 Å². The van der Waals surface area contributed by atoms with Crippen LogP contribution in [0.2, 0.25) is 0 Å². The summed E-state index contributed by atoms with van der Waals surface area (Å²) < 4.78 is 17.0. The second-order valence-corrected chi connectivity index (χ2v) is 9.37. The number of aromatic nitrogens is 2. The zero-order valence-corrected chi connectivity index (χ0v) is 16.3. The number of anilines is 1. The molecule has 152 valence electrons. The summed E-state index contributed by atoms with van der Waals surface area (Å²) in [4.78, 5) is 33.4. The molecule has 1 N–H and O–H groups in total. The van der Waals surface area contributed by atoms with Crippen LogP contribution in [0.15, 0.2) is 17.1 Å². The molecule has 5 fully saturated rings. The summed E-state index contributed by atoms with van der Waals surface area (Å²) in [6.45, 7) is 1.43. The maximum absolute atomic E-state index is 15.1. The molecule has 0 radical (unpaired) electrons. The van der Waals surface area contributed by atoms with Gasteiger partial charge in [-0.05, 0) is 51.1 Å². The van der Waals surface area contributed by atoms with Crippen molar-refractivity contribution in [3.8, 4) is 0 Å². The number of carbonyl (C=O) groups is 1. The molecule has 4 heterocycles. The van der Waals surface area contributed by atoms with Crippen molar-refractivity contribution in [1.29, 1.82) is 0 Å². The number of carboxylic acids is 1. The van der Waals surface area contributed by atoms with Crippen LogP contribution in [0.5, 0.6) is 0 Å². The Morgan fingerprint density at radius 1 is 1.24 bits per heavy atom. The van der Waals surface area contributed by atoms with Gasteiger partial charge in [0.15, 0.2) is 11.6 Å². The van der Waals surface area contributed by atoms with E-state index in [1.54, 1.807) is 0 Å². The predicted molar refractivity (Wildman–Crippen MR) is 105 cm³/mol. The number of pyridine rings is 2. The predicted octanol–water partition coefficient (Wildman–Crippen LogP) is 2.03. The van der Waals surface area contributed by atoms with Gasteiger partial charge < -0.3 is 14.6 Å². The summed E-state index contributed by atoms with van der Waals surface area (Å²) >= 11 is 0. The number of likely N-dealkylation sites (N-methyl/N-ethyl adjacent to an activating group) is 1. The molecular weight excluding hydrogens is 375 g/mol. The van der Waals surface area contributed by atoms with Crippen molar-refractivity contribution in [2.75, 3.05) is 25.0 Å². The van der Waals surface area contributed by atoms with E-state index in [0.29, 0.717) is 36.7 Å². The molecule has 7 nitrogen and oxygen atoms in total. The fourth-order valence-corrected chi connectivity index (χ4v) is 5.96. The molecular formula is C21H23FN4O3. The number of halogens is 1. The van der Waals surface area contributed by atoms with Gasteiger partial charge in [-0.3, -0.25) is 9.69 Å². The molecule has 4 bridgehead atoms. The van der Waals surface area contributed by atoms with Gasteiger partial charge >= 0.3 is 5.97 Å². The number of piperazine rings is 1. The van der Waals surface area contributed by atoms with E-state index >= 15 is 4.39 Å². The lowest BCUT2D eigenvalue weighted by atomic mass is 9.49. The Balaban J connectivity index is 1.53. The lowest BCUT2D eigenvalue weighted by Gasteiger charge is -2.62. The van der Waals surface area contributed by atoms with E-state index in [2.05, 4.69) is 16.9 Å². The number of fused-ring (bicyclic) bond motifs is 3. The van der Waals surface area contributed by atoms with Gasteiger partial charge in [0, 0.05) is 36.9 Å². The molecule has 2 aliphatic heterocycles. The van der Waals surface area contributed by atoms with Crippen LogP contribution in [0.4, 0.5) is 10.2 Å². The number of hydrogen-bond acceptors (Lipinski definition) is 5. The molecule has 29 heavy (non-hydrogen) atoms. The van der Waals surface area contributed by atoms with Gasteiger partial charge in [0.25, 0.3) is 0 Å². The van der Waals surface area contributed by atoms with Crippen LogP contribution in [0, 0.1) is 11.7 Å². The lowest BCUT2D eigenvalue weighted by Crippen LogP contribution is -2.59. The second kappa shape index (κ2) is 5.56. The molecule has 2 atom stereocenters. The Hall–Kier alpha value is -2.48. The maximum Gasteiger partial charge on any atom is 0.341 e. The Kier molecular flexibility index (Phi) is 3.33. The molecule has 3 saturated carbocycles. The zero-order valence-electron chi connectivity index (χ0n) is 16.3. The normalized spacial score (nSPS) is 32.9. The fourth-order valence-electron chi connectivity index (χ4n) is 5.96. The molecule has 0 aromatic carbocycles. The maximum atomic E-state index is 15.1. The second-order valence-electron chi connectivity index (χ2n) is 9.37. The topological polar surface area (TPSA) is 78.7 Å². The zero-order chi connectivity index (χ0) is 20.1. The standard InChI is InChI=1S/C21H23FN4O3/c1-24-12-2-3-13(24)9-25(8-12)19-16(22)4-14-17(27)15(20(28)29)10-26(18(14)23-19)21-5-11(6-21)7-21/h4,10-13H,2-3,5-9H2,1H3,(H,28,29). The van der Waals surface area contributed by atoms with Crippen LogP contribution >= 0.6 is 0 Å². The third kappa shape index (κ3) is 2.23. The van der Waals surface area contributed by atoms with Crippen LogP contribution in [0.25, 0.3) is 11.0 Å². The fraction of sp³-hybridized carbons (Fsp3) is 0.571. The Labute approximate surface area is 166 Å². The van der Waals surface area contributed by atoms with Crippen LogP contribution in [0.3, 0.4) is 0 Å². The van der Waals surface area contributed by atoms with Gasteiger partial charge in [-0.2, -0.15) is 0 Å². The highest BCUT2D eigenvalue weighted by Gasteiger charge is 2.58. The molecule has 2 aromatic heterocycles. The average Bonchev–Trinajstić information content (AvgIpc) is 2.81. The number of hydrogen-bond donors (Lipinski definition) is 1. The largest absolute Gasteiger partial charge is 0.477 e. The Morgan fingerprint density at radius 2 is 1.90 bits per heavy atom. The van der Waals surface area contributed by atoms with Crippen LogP contribution < -0.4 is 10.3 Å². The lowest BCUT2D eigenvalue weighted by molar-refractivity contribution is -0.0864. The molecule has 3 aliphatic carbocycles. The van der Waals surface area contributed by atoms with Crippen molar-refractivity contribution in [1.82, 2.24) is 14.5 Å². The first kappa shape index (κ1) is 17.4. The Morgan fingerprint density at radius 3 is 2.45 bits per heavy atom. The van der Waals surface area contributed by atoms with Gasteiger partial charge in [0.1, 0.15) is 11.2 Å². The first-order valence-corrected chi connectivity index (χ1v) is 10.3. The summed E-state index contributed by atoms with van der Waals surface area (Å²) in [6.07, 6.45) is 6.55. The first-order chi connectivity index (χ1) is 13.9. The first-order valence-electron chi connectivity index (χ1n) is 10.3. The minimum Gasteiger partial charge on any atom is -0.477 e. The number of aromatic carboxylic acids is 1. The third-order valence-corrected chi connectivity index (χ3v) is 7.81. The molecule has 2 saturated heterocycles. The van der Waals surface area contributed by atoms with E-state index in [1.165, 1.54) is 12.3 Å². The number of rotatable bonds is 3. The van der Waals surface area contributed by atoms with Gasteiger partial charge in [0.05, 0.1) is 5.39 Å². The molecule has 2 aromatic rings. The van der Waals surface area contributed by atoms with E-state index in [0.717, 1.165) is 32.1 Å². The van der Waals surface area contributed by atoms with E-state index in [4.69, 9.17) is 0 Å². The number of nitrogens with zero attached hydrogens (tertiary/aromatic N) is 4. The van der Waals surface area contributed by atoms with Crippen LogP contribution in [0.1, 0.15) is 42.5 Å². The van der Waals surface area contributed by atoms with E-state index in [1.807, 2.05) is 9.47 Å². The minimum atomic E-state index is -1.28. The van der Waals surface area contributed by atoms with E-state index in [-0.39, 0.29) is 22.3 Å². The third-order valence-electron chi connectivity index (χ3n) is 7.81. The molecule has 5 aliphatic rings. The Bertz CT molecular complexity index is 1100. The quantitative estimate of drug-likeness (QED) is 0.852. The highest BCUT2D eigenvalue weighted by molar-refractivity contribution is 5.92. The van der Waals surface area contributed by atoms with Crippen molar-refractivity contribution in [2.24, 2.45) is 5.92 Å². The summed E-state index contributed by atoms with van der Waals surface area (Å²) in [6, 6.07) is 1.98. The van der Waals surface area contributed by atoms with Crippen molar-refractivity contribution in [3.05, 3.63) is 33.9 Å². The smallest absolute Gasteiger partial charge is 0.341 e. The highest BCUT2D eigenvalue weighted by Crippen LogP contribution is 2.62. The van der Waals surface area contributed by atoms with Crippen LogP contribution in [-0.2, 0) is 5.54 Å². The van der Waals surface area contributed by atoms with Gasteiger partial charge in [0.2, 0.25) is 5.43 Å². The van der Waals surface area contributed by atoms with Crippen molar-refractivity contribution in [3.63, 3.8) is 0 Å². The van der Waals surface area contributed by atoms with E-state index in [9.17, 15) is 14.7 Å². The minimum absolute atomic E-state index is 0.0629. The molecule has 2 unspecified atom stereocenters. The molecule has 8 heteroatoms. The molecule has 0 amide bonds.